The van der Waals surface area contributed by atoms with E-state index in [2.05, 4.69) is 9.97 Å². The Morgan fingerprint density at radius 1 is 1.38 bits per heavy atom. The molecule has 1 aliphatic rings. The number of aliphatic carboxylic acids is 1. The molecule has 1 aliphatic heterocycles. The number of H-pyrrole nitrogens is 1. The number of hydrogen-bond donors (Lipinski definition) is 2. The first-order valence-corrected chi connectivity index (χ1v) is 6.80. The maximum atomic E-state index is 10.6. The van der Waals surface area contributed by atoms with Crippen molar-refractivity contribution < 1.29 is 19.4 Å². The molecule has 0 saturated carbocycles. The summed E-state index contributed by atoms with van der Waals surface area (Å²) < 4.78 is 11.1. The number of aromatic nitrogens is 2. The molecule has 0 bridgehead atoms. The van der Waals surface area contributed by atoms with Crippen molar-refractivity contribution in [3.63, 3.8) is 0 Å². The summed E-state index contributed by atoms with van der Waals surface area (Å²) in [5, 5.41) is 8.69. The van der Waals surface area contributed by atoms with Crippen LogP contribution in [0.5, 0.6) is 11.5 Å². The molecular formula is C14H17N3O4. The lowest BCUT2D eigenvalue weighted by molar-refractivity contribution is -0.137. The van der Waals surface area contributed by atoms with Gasteiger partial charge in [-0.3, -0.25) is 9.69 Å². The Balaban J connectivity index is 1.76. The van der Waals surface area contributed by atoms with Crippen molar-refractivity contribution in [3.05, 3.63) is 18.0 Å². The Bertz CT molecular complexity index is 625. The van der Waals surface area contributed by atoms with Gasteiger partial charge in [0.25, 0.3) is 0 Å². The fraction of sp³-hybridized carbons (Fsp3) is 0.429. The molecule has 0 radical (unpaired) electrons. The van der Waals surface area contributed by atoms with Crippen molar-refractivity contribution in [1.29, 1.82) is 0 Å². The molecule has 1 aromatic heterocycles. The number of carbonyl (C=O) groups is 1. The van der Waals surface area contributed by atoms with E-state index in [1.165, 1.54) is 0 Å². The number of carboxylic acid groups (broad SMARTS) is 1. The SMILES string of the molecule is CN(CCC(=O)O)Cc1nc2cc3c(cc2[nH]1)OCCO3. The summed E-state index contributed by atoms with van der Waals surface area (Å²) in [5.41, 5.74) is 1.71. The predicted octanol–water partition coefficient (Wildman–Crippen LogP) is 1.24. The second-order valence-electron chi connectivity index (χ2n) is 5.08. The van der Waals surface area contributed by atoms with Crippen molar-refractivity contribution in [3.8, 4) is 11.5 Å². The summed E-state index contributed by atoms with van der Waals surface area (Å²) in [5.74, 6) is 1.43. The standard InChI is InChI=1S/C14H17N3O4/c1-17(3-2-14(18)19)8-13-15-9-6-11-12(7-10(9)16-13)21-5-4-20-11/h6-7H,2-5,8H2,1H3,(H,15,16)(H,18,19). The number of nitrogens with one attached hydrogen (secondary N) is 1. The molecule has 0 spiro atoms. The fourth-order valence-electron chi connectivity index (χ4n) is 2.30. The second-order valence-corrected chi connectivity index (χ2v) is 5.08. The Labute approximate surface area is 121 Å². The lowest BCUT2D eigenvalue weighted by atomic mass is 10.2. The Morgan fingerprint density at radius 2 is 2.10 bits per heavy atom. The topological polar surface area (TPSA) is 87.7 Å². The first-order chi connectivity index (χ1) is 10.1. The third-order valence-electron chi connectivity index (χ3n) is 3.32. The van der Waals surface area contributed by atoms with Crippen LogP contribution in [0.2, 0.25) is 0 Å². The highest BCUT2D eigenvalue weighted by atomic mass is 16.6. The second kappa shape index (κ2) is 5.61. The highest BCUT2D eigenvalue weighted by Gasteiger charge is 2.15. The number of fused-ring (bicyclic) bond motifs is 2. The van der Waals surface area contributed by atoms with E-state index in [1.54, 1.807) is 0 Å². The largest absolute Gasteiger partial charge is 0.486 e. The molecule has 0 aliphatic carbocycles. The van der Waals surface area contributed by atoms with Crippen LogP contribution in [0.25, 0.3) is 11.0 Å². The molecule has 3 rings (SSSR count). The van der Waals surface area contributed by atoms with Gasteiger partial charge in [0.15, 0.2) is 11.5 Å². The highest BCUT2D eigenvalue weighted by Crippen LogP contribution is 2.33. The zero-order valence-electron chi connectivity index (χ0n) is 11.8. The van der Waals surface area contributed by atoms with Crippen molar-refractivity contribution in [2.75, 3.05) is 26.8 Å². The van der Waals surface area contributed by atoms with Crippen molar-refractivity contribution in [2.45, 2.75) is 13.0 Å². The van der Waals surface area contributed by atoms with Gasteiger partial charge in [-0.25, -0.2) is 4.98 Å². The Kier molecular flexibility index (Phi) is 3.66. The van der Waals surface area contributed by atoms with Crippen LogP contribution in [0.3, 0.4) is 0 Å². The minimum Gasteiger partial charge on any atom is -0.486 e. The van der Waals surface area contributed by atoms with Crippen LogP contribution in [0.4, 0.5) is 0 Å². The van der Waals surface area contributed by atoms with Crippen molar-refractivity contribution in [2.24, 2.45) is 0 Å². The van der Waals surface area contributed by atoms with E-state index in [4.69, 9.17) is 14.6 Å². The molecule has 0 saturated heterocycles. The third-order valence-corrected chi connectivity index (χ3v) is 3.32. The van der Waals surface area contributed by atoms with E-state index in [0.29, 0.717) is 32.1 Å². The fourth-order valence-corrected chi connectivity index (χ4v) is 2.30. The van der Waals surface area contributed by atoms with Crippen LogP contribution in [0.1, 0.15) is 12.2 Å². The first kappa shape index (κ1) is 13.7. The molecule has 0 amide bonds. The van der Waals surface area contributed by atoms with Gasteiger partial charge in [-0.15, -0.1) is 0 Å². The zero-order valence-corrected chi connectivity index (χ0v) is 11.8. The van der Waals surface area contributed by atoms with Crippen LogP contribution in [-0.2, 0) is 11.3 Å². The number of carboxylic acids is 1. The molecule has 112 valence electrons. The van der Waals surface area contributed by atoms with E-state index in [0.717, 1.165) is 22.6 Å². The number of ether oxygens (including phenoxy) is 2. The van der Waals surface area contributed by atoms with E-state index in [1.807, 2.05) is 24.1 Å². The zero-order chi connectivity index (χ0) is 14.8. The summed E-state index contributed by atoms with van der Waals surface area (Å²) in [6.07, 6.45) is 0.118. The molecule has 21 heavy (non-hydrogen) atoms. The minimum atomic E-state index is -0.798. The normalized spacial score (nSPS) is 13.8. The maximum absolute atomic E-state index is 10.6. The van der Waals surface area contributed by atoms with Crippen molar-refractivity contribution in [1.82, 2.24) is 14.9 Å². The molecule has 2 aromatic rings. The van der Waals surface area contributed by atoms with Gasteiger partial charge in [0.1, 0.15) is 19.0 Å². The monoisotopic (exact) mass is 291 g/mol. The van der Waals surface area contributed by atoms with Gasteiger partial charge in [-0.2, -0.15) is 0 Å². The van der Waals surface area contributed by atoms with E-state index in [-0.39, 0.29) is 6.42 Å². The highest BCUT2D eigenvalue weighted by molar-refractivity contribution is 5.79. The average Bonchev–Trinajstić information content (AvgIpc) is 2.83. The molecule has 7 heteroatoms. The minimum absolute atomic E-state index is 0.118. The van der Waals surface area contributed by atoms with Crippen LogP contribution in [0, 0.1) is 0 Å². The molecule has 2 heterocycles. The molecule has 7 nitrogen and oxygen atoms in total. The van der Waals surface area contributed by atoms with Gasteiger partial charge >= 0.3 is 5.97 Å². The Hall–Kier alpha value is -2.28. The third kappa shape index (κ3) is 3.08. The number of hydrogen-bond acceptors (Lipinski definition) is 5. The number of imidazole rings is 1. The summed E-state index contributed by atoms with van der Waals surface area (Å²) in [4.78, 5) is 20.2. The van der Waals surface area contributed by atoms with Crippen LogP contribution >= 0.6 is 0 Å². The quantitative estimate of drug-likeness (QED) is 0.861. The van der Waals surface area contributed by atoms with Gasteiger partial charge in [0.2, 0.25) is 0 Å². The van der Waals surface area contributed by atoms with Crippen LogP contribution in [-0.4, -0.2) is 52.7 Å². The van der Waals surface area contributed by atoms with E-state index >= 15 is 0 Å². The molecule has 0 atom stereocenters. The summed E-state index contributed by atoms with van der Waals surface area (Å²) in [6, 6.07) is 3.75. The molecule has 2 N–H and O–H groups in total. The number of benzene rings is 1. The van der Waals surface area contributed by atoms with Gasteiger partial charge in [0.05, 0.1) is 24.0 Å². The van der Waals surface area contributed by atoms with E-state index in [9.17, 15) is 4.79 Å². The summed E-state index contributed by atoms with van der Waals surface area (Å²) in [7, 11) is 1.87. The lowest BCUT2D eigenvalue weighted by Gasteiger charge is -2.17. The average molecular weight is 291 g/mol. The summed E-state index contributed by atoms with van der Waals surface area (Å²) >= 11 is 0. The van der Waals surface area contributed by atoms with Gasteiger partial charge in [-0.05, 0) is 7.05 Å². The first-order valence-electron chi connectivity index (χ1n) is 6.80. The smallest absolute Gasteiger partial charge is 0.304 e. The Morgan fingerprint density at radius 3 is 2.81 bits per heavy atom. The molecule has 1 aromatic carbocycles. The van der Waals surface area contributed by atoms with Gasteiger partial charge in [-0.1, -0.05) is 0 Å². The number of rotatable bonds is 5. The van der Waals surface area contributed by atoms with Gasteiger partial charge in [0, 0.05) is 18.7 Å². The molecular weight excluding hydrogens is 274 g/mol. The van der Waals surface area contributed by atoms with Crippen LogP contribution < -0.4 is 9.47 Å². The number of nitrogens with zero attached hydrogens (tertiary/aromatic N) is 2. The van der Waals surface area contributed by atoms with Crippen LogP contribution in [0.15, 0.2) is 12.1 Å². The summed E-state index contributed by atoms with van der Waals surface area (Å²) in [6.45, 7) is 2.15. The van der Waals surface area contributed by atoms with Crippen molar-refractivity contribution >= 4 is 17.0 Å². The predicted molar refractivity (Wildman–Crippen MR) is 75.7 cm³/mol. The molecule has 0 unspecified atom stereocenters. The van der Waals surface area contributed by atoms with E-state index < -0.39 is 5.97 Å². The maximum Gasteiger partial charge on any atom is 0.304 e. The number of aromatic amines is 1. The lowest BCUT2D eigenvalue weighted by Crippen LogP contribution is -2.21. The van der Waals surface area contributed by atoms with Gasteiger partial charge < -0.3 is 19.6 Å². The molecule has 0 fully saturated rings.